The Kier molecular flexibility index (Phi) is 6.39. The molecule has 34 heavy (non-hydrogen) atoms. The lowest BCUT2D eigenvalue weighted by Gasteiger charge is -2.43. The van der Waals surface area contributed by atoms with Crippen LogP contribution in [0, 0.1) is 11.8 Å². The fraction of sp³-hybridized carbons (Fsp3) is 0.296. The van der Waals surface area contributed by atoms with E-state index in [0.29, 0.717) is 11.6 Å². The predicted molar refractivity (Wildman–Crippen MR) is 136 cm³/mol. The maximum atomic E-state index is 12.8. The first-order valence-electron chi connectivity index (χ1n) is 11.7. The predicted octanol–water partition coefficient (Wildman–Crippen LogP) is 4.58. The molecule has 0 radical (unpaired) electrons. The average molecular weight is 476 g/mol. The van der Waals surface area contributed by atoms with E-state index in [4.69, 9.17) is 0 Å². The zero-order valence-electron chi connectivity index (χ0n) is 19.0. The first-order valence-corrected chi connectivity index (χ1v) is 13.4. The Morgan fingerprint density at radius 2 is 1.41 bits per heavy atom. The molecule has 2 N–H and O–H groups in total. The maximum absolute atomic E-state index is 12.8. The molecule has 3 aliphatic rings. The van der Waals surface area contributed by atoms with Crippen molar-refractivity contribution in [2.75, 3.05) is 29.7 Å². The highest BCUT2D eigenvalue weighted by Crippen LogP contribution is 2.33. The van der Waals surface area contributed by atoms with Gasteiger partial charge in [0.15, 0.2) is 0 Å². The second-order valence-electron chi connectivity index (χ2n) is 9.24. The summed E-state index contributed by atoms with van der Waals surface area (Å²) in [6.07, 6.45) is 2.24. The van der Waals surface area contributed by atoms with Gasteiger partial charge in [0.05, 0.1) is 11.7 Å². The summed E-state index contributed by atoms with van der Waals surface area (Å²) >= 11 is 0. The van der Waals surface area contributed by atoms with E-state index in [1.807, 2.05) is 54.6 Å². The summed E-state index contributed by atoms with van der Waals surface area (Å²) < 4.78 is 27.6. The Morgan fingerprint density at radius 1 is 0.824 bits per heavy atom. The molecule has 0 unspecified atom stereocenters. The molecule has 176 valence electrons. The van der Waals surface area contributed by atoms with E-state index >= 15 is 0 Å². The van der Waals surface area contributed by atoms with Crippen LogP contribution < -0.4 is 10.0 Å². The van der Waals surface area contributed by atoms with Crippen molar-refractivity contribution in [2.24, 2.45) is 11.8 Å². The van der Waals surface area contributed by atoms with Crippen molar-refractivity contribution in [3.8, 4) is 11.1 Å². The van der Waals surface area contributed by atoms with Crippen LogP contribution >= 0.6 is 0 Å². The molecule has 6 rings (SSSR count). The van der Waals surface area contributed by atoms with Crippen molar-refractivity contribution in [1.29, 1.82) is 0 Å². The monoisotopic (exact) mass is 475 g/mol. The number of anilines is 2. The summed E-state index contributed by atoms with van der Waals surface area (Å²) in [6, 6.07) is 24.2. The molecule has 7 heteroatoms. The Morgan fingerprint density at radius 3 is 1.97 bits per heavy atom. The average Bonchev–Trinajstić information content (AvgIpc) is 2.86. The third kappa shape index (κ3) is 5.32. The van der Waals surface area contributed by atoms with E-state index in [0.717, 1.165) is 54.9 Å². The first-order chi connectivity index (χ1) is 16.4. The Balaban J connectivity index is 1.19. The number of nitrogens with one attached hydrogen (secondary N) is 2. The number of hydrogen-bond acceptors (Lipinski definition) is 4. The Hall–Kier alpha value is -3.16. The highest BCUT2D eigenvalue weighted by molar-refractivity contribution is 7.91. The van der Waals surface area contributed by atoms with Crippen molar-refractivity contribution >= 4 is 27.3 Å². The molecule has 3 aromatic rings. The van der Waals surface area contributed by atoms with Gasteiger partial charge in [0.2, 0.25) is 15.9 Å². The van der Waals surface area contributed by atoms with E-state index < -0.39 is 10.0 Å². The van der Waals surface area contributed by atoms with Crippen LogP contribution in [0.1, 0.15) is 18.4 Å². The molecule has 1 amide bonds. The molecule has 1 atom stereocenters. The highest BCUT2D eigenvalue weighted by atomic mass is 32.2. The maximum Gasteiger partial charge on any atom is 0.236 e. The third-order valence-electron chi connectivity index (χ3n) is 6.84. The second kappa shape index (κ2) is 9.60. The number of nitrogens with zero attached hydrogens (tertiary/aromatic N) is 1. The number of sulfonamides is 1. The molecule has 3 aromatic carbocycles. The number of rotatable bonds is 7. The number of carbonyl (C=O) groups excluding carboxylic acids is 1. The molecule has 6 nitrogen and oxygen atoms in total. The van der Waals surface area contributed by atoms with Crippen molar-refractivity contribution in [3.63, 3.8) is 0 Å². The van der Waals surface area contributed by atoms with Crippen molar-refractivity contribution in [1.82, 2.24) is 4.90 Å². The van der Waals surface area contributed by atoms with Gasteiger partial charge in [-0.1, -0.05) is 54.6 Å². The number of carbonyl (C=O) groups is 1. The minimum absolute atomic E-state index is 0.0671. The molecule has 3 fully saturated rings. The van der Waals surface area contributed by atoms with E-state index in [9.17, 15) is 13.2 Å². The van der Waals surface area contributed by atoms with Gasteiger partial charge in [-0.25, -0.2) is 8.42 Å². The van der Waals surface area contributed by atoms with Gasteiger partial charge in [-0.2, -0.15) is 0 Å². The van der Waals surface area contributed by atoms with Crippen LogP contribution in [-0.2, 0) is 20.6 Å². The summed E-state index contributed by atoms with van der Waals surface area (Å²) in [5.41, 5.74) is 4.05. The molecule has 3 saturated heterocycles. The first kappa shape index (κ1) is 22.6. The van der Waals surface area contributed by atoms with Crippen LogP contribution in [0.15, 0.2) is 78.9 Å². The molecule has 2 bridgehead atoms. The fourth-order valence-electron chi connectivity index (χ4n) is 4.98. The molecular weight excluding hydrogens is 446 g/mol. The van der Waals surface area contributed by atoms with Crippen LogP contribution in [0.4, 0.5) is 11.4 Å². The second-order valence-corrected chi connectivity index (χ2v) is 11.0. The molecule has 0 saturated carbocycles. The van der Waals surface area contributed by atoms with Crippen molar-refractivity contribution in [3.05, 3.63) is 84.4 Å². The normalized spacial score (nSPS) is 21.7. The van der Waals surface area contributed by atoms with Crippen LogP contribution in [0.5, 0.6) is 0 Å². The molecular formula is C27H29N3O3S. The quantitative estimate of drug-likeness (QED) is 0.525. The molecule has 3 heterocycles. The van der Waals surface area contributed by atoms with Gasteiger partial charge in [-0.05, 0) is 72.8 Å². The lowest BCUT2D eigenvalue weighted by Crippen LogP contribution is -2.51. The van der Waals surface area contributed by atoms with E-state index in [2.05, 4.69) is 14.9 Å². The Labute approximate surface area is 201 Å². The molecule has 3 aliphatic heterocycles. The van der Waals surface area contributed by atoms with Crippen molar-refractivity contribution < 1.29 is 13.2 Å². The van der Waals surface area contributed by atoms with Gasteiger partial charge in [0.25, 0.3) is 0 Å². The number of benzene rings is 3. The topological polar surface area (TPSA) is 78.5 Å². The van der Waals surface area contributed by atoms with Crippen LogP contribution in [-0.4, -0.2) is 38.9 Å². The fourth-order valence-corrected chi connectivity index (χ4v) is 6.18. The molecule has 0 spiro atoms. The highest BCUT2D eigenvalue weighted by Gasteiger charge is 2.38. The van der Waals surface area contributed by atoms with E-state index in [-0.39, 0.29) is 17.6 Å². The summed E-state index contributed by atoms with van der Waals surface area (Å²) in [4.78, 5) is 15.2. The summed E-state index contributed by atoms with van der Waals surface area (Å²) in [7, 11) is -3.49. The lowest BCUT2D eigenvalue weighted by atomic mass is 9.78. The minimum Gasteiger partial charge on any atom is -0.326 e. The van der Waals surface area contributed by atoms with E-state index in [1.54, 1.807) is 24.3 Å². The van der Waals surface area contributed by atoms with Crippen LogP contribution in [0.3, 0.4) is 0 Å². The van der Waals surface area contributed by atoms with Gasteiger partial charge in [0.1, 0.15) is 0 Å². The smallest absolute Gasteiger partial charge is 0.236 e. The molecule has 0 aromatic heterocycles. The van der Waals surface area contributed by atoms with Gasteiger partial charge < -0.3 is 10.2 Å². The summed E-state index contributed by atoms with van der Waals surface area (Å²) in [5, 5.41) is 3.09. The SMILES string of the molecule is O=C(Nc1ccc(-c2ccc(NS(=O)(=O)Cc3ccccc3)cc2)cc1)[C@H]1CN2CCC1CC2. The lowest BCUT2D eigenvalue weighted by molar-refractivity contribution is -0.125. The van der Waals surface area contributed by atoms with Gasteiger partial charge in [-0.15, -0.1) is 0 Å². The minimum atomic E-state index is -3.49. The summed E-state index contributed by atoms with van der Waals surface area (Å²) in [6.45, 7) is 3.11. The Bertz CT molecular complexity index is 1230. The van der Waals surface area contributed by atoms with Gasteiger partial charge >= 0.3 is 0 Å². The van der Waals surface area contributed by atoms with Gasteiger partial charge in [-0.3, -0.25) is 9.52 Å². The number of amides is 1. The van der Waals surface area contributed by atoms with Crippen LogP contribution in [0.2, 0.25) is 0 Å². The summed E-state index contributed by atoms with van der Waals surface area (Å²) in [5.74, 6) is 0.644. The third-order valence-corrected chi connectivity index (χ3v) is 8.10. The van der Waals surface area contributed by atoms with Crippen molar-refractivity contribution in [2.45, 2.75) is 18.6 Å². The number of fused-ring (bicyclic) bond motifs is 3. The zero-order chi connectivity index (χ0) is 23.5. The number of piperidine rings is 3. The largest absolute Gasteiger partial charge is 0.326 e. The zero-order valence-corrected chi connectivity index (χ0v) is 19.8. The standard InChI is InChI=1S/C27H29N3O3S/c31-27(26-18-30-16-14-23(26)15-17-30)28-24-10-6-21(7-11-24)22-8-12-25(13-9-22)29-34(32,33)19-20-4-2-1-3-5-20/h1-13,23,26,29H,14-19H2,(H,28,31)/t26-/m0/s1. The van der Waals surface area contributed by atoms with Gasteiger partial charge in [0, 0.05) is 17.9 Å². The number of hydrogen-bond donors (Lipinski definition) is 2. The van der Waals surface area contributed by atoms with Crippen LogP contribution in [0.25, 0.3) is 11.1 Å². The molecule has 0 aliphatic carbocycles. The van der Waals surface area contributed by atoms with E-state index in [1.165, 1.54) is 0 Å².